The monoisotopic (exact) mass is 305 g/mol. The molecule has 20 heavy (non-hydrogen) atoms. The number of hydrogen-bond donors (Lipinski definition) is 0. The Kier molecular flexibility index (Phi) is 7.86. The summed E-state index contributed by atoms with van der Waals surface area (Å²) in [7, 11) is 0. The lowest BCUT2D eigenvalue weighted by Crippen LogP contribution is -2.44. The number of isocyanates is 1. The largest absolute Gasteiger partial charge is 0.402 e. The van der Waals surface area contributed by atoms with Gasteiger partial charge in [0.15, 0.2) is 5.92 Å². The first-order valence-electron chi connectivity index (χ1n) is 6.35. The molecular weight excluding hydrogens is 288 g/mol. The quantitative estimate of drug-likeness (QED) is 0.274. The molecule has 0 aromatic carbocycles. The van der Waals surface area contributed by atoms with Gasteiger partial charge in [0, 0.05) is 0 Å². The molecule has 118 valence electrons. The molecule has 1 atom stereocenters. The van der Waals surface area contributed by atoms with Crippen LogP contribution >= 0.6 is 0 Å². The van der Waals surface area contributed by atoms with Crippen molar-refractivity contribution in [2.24, 2.45) is 10.9 Å². The van der Waals surface area contributed by atoms with E-state index in [0.29, 0.717) is 6.42 Å². The average Bonchev–Trinajstić information content (AvgIpc) is 2.25. The van der Waals surface area contributed by atoms with Crippen LogP contribution in [0, 0.1) is 5.92 Å². The van der Waals surface area contributed by atoms with E-state index in [1.54, 1.807) is 0 Å². The number of rotatable bonds is 8. The Hall–Kier alpha value is -1.04. The van der Waals surface area contributed by atoms with E-state index in [4.69, 9.17) is 0 Å². The second-order valence-corrected chi connectivity index (χ2v) is 4.55. The summed E-state index contributed by atoms with van der Waals surface area (Å²) in [5.41, 5.74) is 0. The van der Waals surface area contributed by atoms with Crippen LogP contribution in [-0.4, -0.2) is 24.5 Å². The van der Waals surface area contributed by atoms with Gasteiger partial charge in [-0.3, -0.25) is 0 Å². The SMILES string of the molecule is CCCCCCCC(N=C=O)C(C(F)(F)F)C(F)(F)F. The highest BCUT2D eigenvalue weighted by molar-refractivity contribution is 5.33. The van der Waals surface area contributed by atoms with Crippen LogP contribution < -0.4 is 0 Å². The van der Waals surface area contributed by atoms with E-state index in [1.165, 1.54) is 0 Å². The predicted octanol–water partition coefficient (Wildman–Crippen LogP) is 4.79. The van der Waals surface area contributed by atoms with Gasteiger partial charge in [0.05, 0.1) is 6.04 Å². The van der Waals surface area contributed by atoms with Gasteiger partial charge in [-0.05, 0) is 6.42 Å². The molecule has 0 rings (SSSR count). The van der Waals surface area contributed by atoms with Gasteiger partial charge in [-0.2, -0.15) is 26.3 Å². The highest BCUT2D eigenvalue weighted by Crippen LogP contribution is 2.43. The van der Waals surface area contributed by atoms with Gasteiger partial charge >= 0.3 is 12.4 Å². The minimum Gasteiger partial charge on any atom is -0.211 e. The molecule has 0 aliphatic heterocycles. The lowest BCUT2D eigenvalue weighted by molar-refractivity contribution is -0.289. The fourth-order valence-corrected chi connectivity index (χ4v) is 1.95. The minimum atomic E-state index is -5.48. The fourth-order valence-electron chi connectivity index (χ4n) is 1.95. The summed E-state index contributed by atoms with van der Waals surface area (Å²) >= 11 is 0. The van der Waals surface area contributed by atoms with Gasteiger partial charge in [-0.15, -0.1) is 0 Å². The first-order valence-corrected chi connectivity index (χ1v) is 6.35. The van der Waals surface area contributed by atoms with Crippen molar-refractivity contribution in [1.82, 2.24) is 0 Å². The van der Waals surface area contributed by atoms with E-state index in [2.05, 4.69) is 4.99 Å². The molecule has 0 aromatic heterocycles. The normalized spacial score (nSPS) is 14.2. The van der Waals surface area contributed by atoms with Crippen LogP contribution in [0.4, 0.5) is 26.3 Å². The molecule has 0 aromatic rings. The number of halogens is 6. The smallest absolute Gasteiger partial charge is 0.211 e. The fraction of sp³-hybridized carbons (Fsp3) is 0.917. The van der Waals surface area contributed by atoms with Crippen molar-refractivity contribution in [2.45, 2.75) is 63.8 Å². The Morgan fingerprint density at radius 2 is 1.45 bits per heavy atom. The van der Waals surface area contributed by atoms with Gasteiger partial charge in [-0.1, -0.05) is 39.0 Å². The van der Waals surface area contributed by atoms with Crippen molar-refractivity contribution in [3.63, 3.8) is 0 Å². The Balaban J connectivity index is 4.80. The lowest BCUT2D eigenvalue weighted by atomic mass is 9.93. The van der Waals surface area contributed by atoms with E-state index in [0.717, 1.165) is 25.3 Å². The van der Waals surface area contributed by atoms with Crippen molar-refractivity contribution in [1.29, 1.82) is 0 Å². The topological polar surface area (TPSA) is 29.4 Å². The van der Waals surface area contributed by atoms with E-state index in [-0.39, 0.29) is 6.42 Å². The van der Waals surface area contributed by atoms with Gasteiger partial charge in [0.1, 0.15) is 0 Å². The van der Waals surface area contributed by atoms with Crippen LogP contribution in [0.5, 0.6) is 0 Å². The van der Waals surface area contributed by atoms with Crippen LogP contribution in [0.3, 0.4) is 0 Å². The summed E-state index contributed by atoms with van der Waals surface area (Å²) in [5, 5.41) is 0. The molecule has 0 amide bonds. The maximum Gasteiger partial charge on any atom is 0.402 e. The Labute approximate surface area is 113 Å². The van der Waals surface area contributed by atoms with Gasteiger partial charge in [-0.25, -0.2) is 9.79 Å². The summed E-state index contributed by atoms with van der Waals surface area (Å²) in [5.74, 6) is -3.61. The predicted molar refractivity (Wildman–Crippen MR) is 60.9 cm³/mol. The summed E-state index contributed by atoms with van der Waals surface area (Å²) in [6.45, 7) is 1.93. The highest BCUT2D eigenvalue weighted by Gasteiger charge is 2.60. The number of nitrogens with zero attached hydrogens (tertiary/aromatic N) is 1. The van der Waals surface area contributed by atoms with Gasteiger partial charge in [0.2, 0.25) is 6.08 Å². The molecule has 0 bridgehead atoms. The minimum absolute atomic E-state index is 0.165. The third kappa shape index (κ3) is 6.93. The molecule has 0 heterocycles. The zero-order chi connectivity index (χ0) is 15.8. The zero-order valence-corrected chi connectivity index (χ0v) is 11.0. The first kappa shape index (κ1) is 19.0. The van der Waals surface area contributed by atoms with Crippen LogP contribution in [0.2, 0.25) is 0 Å². The molecule has 0 aliphatic rings. The van der Waals surface area contributed by atoms with Crippen LogP contribution in [0.15, 0.2) is 4.99 Å². The van der Waals surface area contributed by atoms with Crippen LogP contribution in [0.1, 0.15) is 45.4 Å². The first-order chi connectivity index (χ1) is 9.14. The third-order valence-electron chi connectivity index (χ3n) is 2.91. The standard InChI is InChI=1S/C12H17F6NO/c1-2-3-4-5-6-7-9(19-8-20)10(11(13,14)15)12(16,17)18/h9-10H,2-7H2,1H3. The van der Waals surface area contributed by atoms with Gasteiger partial charge < -0.3 is 0 Å². The van der Waals surface area contributed by atoms with Crippen molar-refractivity contribution < 1.29 is 31.1 Å². The number of hydrogen-bond acceptors (Lipinski definition) is 2. The molecule has 8 heteroatoms. The van der Waals surface area contributed by atoms with E-state index in [9.17, 15) is 31.1 Å². The summed E-state index contributed by atoms with van der Waals surface area (Å²) in [6.07, 6.45) is -7.38. The van der Waals surface area contributed by atoms with E-state index in [1.807, 2.05) is 6.92 Å². The average molecular weight is 305 g/mol. The highest BCUT2D eigenvalue weighted by atomic mass is 19.4. The molecule has 0 saturated carbocycles. The number of unbranched alkanes of at least 4 members (excludes halogenated alkanes) is 4. The van der Waals surface area contributed by atoms with Crippen molar-refractivity contribution in [3.05, 3.63) is 0 Å². The lowest BCUT2D eigenvalue weighted by Gasteiger charge is -2.27. The molecule has 0 fully saturated rings. The van der Waals surface area contributed by atoms with Crippen molar-refractivity contribution >= 4 is 6.08 Å². The molecular formula is C12H17F6NO. The van der Waals surface area contributed by atoms with E-state index >= 15 is 0 Å². The second kappa shape index (κ2) is 8.29. The number of aliphatic imine (C=N–C) groups is 1. The second-order valence-electron chi connectivity index (χ2n) is 4.55. The molecule has 0 saturated heterocycles. The Morgan fingerprint density at radius 1 is 0.950 bits per heavy atom. The number of alkyl halides is 6. The summed E-state index contributed by atoms with van der Waals surface area (Å²) in [4.78, 5) is 12.8. The summed E-state index contributed by atoms with van der Waals surface area (Å²) in [6, 6.07) is -2.14. The van der Waals surface area contributed by atoms with Crippen LogP contribution in [-0.2, 0) is 4.79 Å². The molecule has 1 unspecified atom stereocenters. The molecule has 0 N–H and O–H groups in total. The molecule has 2 nitrogen and oxygen atoms in total. The maximum absolute atomic E-state index is 12.5. The molecule has 0 aliphatic carbocycles. The Morgan fingerprint density at radius 3 is 1.85 bits per heavy atom. The third-order valence-corrected chi connectivity index (χ3v) is 2.91. The summed E-state index contributed by atoms with van der Waals surface area (Å²) < 4.78 is 75.1. The van der Waals surface area contributed by atoms with Crippen LogP contribution in [0.25, 0.3) is 0 Å². The Bertz CT molecular complexity index is 305. The zero-order valence-electron chi connectivity index (χ0n) is 11.0. The number of carbonyl (C=O) groups excluding carboxylic acids is 1. The van der Waals surface area contributed by atoms with Crippen molar-refractivity contribution in [2.75, 3.05) is 0 Å². The molecule has 0 spiro atoms. The van der Waals surface area contributed by atoms with E-state index < -0.39 is 30.7 Å². The molecule has 0 radical (unpaired) electrons. The van der Waals surface area contributed by atoms with Gasteiger partial charge in [0.25, 0.3) is 0 Å². The maximum atomic E-state index is 12.5. The van der Waals surface area contributed by atoms with Crippen molar-refractivity contribution in [3.8, 4) is 0 Å².